The van der Waals surface area contributed by atoms with Gasteiger partial charge < -0.3 is 47.4 Å². The molecule has 318 valence electrons. The van der Waals surface area contributed by atoms with E-state index < -0.39 is 60.7 Å². The highest BCUT2D eigenvalue weighted by Crippen LogP contribution is 2.35. The van der Waals surface area contributed by atoms with Crippen molar-refractivity contribution in [1.29, 1.82) is 0 Å². The summed E-state index contributed by atoms with van der Waals surface area (Å²) in [4.78, 5) is 52.1. The van der Waals surface area contributed by atoms with Gasteiger partial charge in [0.05, 0.1) is 13.0 Å². The van der Waals surface area contributed by atoms with Gasteiger partial charge in [0.2, 0.25) is 17.6 Å². The minimum atomic E-state index is -1.29. The molecule has 1 fully saturated rings. The Balaban J connectivity index is 1.06. The minimum Gasteiger partial charge on any atom is -0.485 e. The summed E-state index contributed by atoms with van der Waals surface area (Å²) in [6, 6.07) is 34.9. The van der Waals surface area contributed by atoms with Crippen LogP contribution in [0.4, 0.5) is 0 Å². The third kappa shape index (κ3) is 11.4. The van der Waals surface area contributed by atoms with Gasteiger partial charge in [-0.1, -0.05) is 115 Å². The van der Waals surface area contributed by atoms with Gasteiger partial charge in [0, 0.05) is 6.92 Å². The van der Waals surface area contributed by atoms with E-state index in [4.69, 9.17) is 47.4 Å². The number of carbonyl (C=O) groups is 4. The molecule has 0 saturated carbocycles. The monoisotopic (exact) mass is 834 g/mol. The van der Waals surface area contributed by atoms with Crippen LogP contribution >= 0.6 is 0 Å². The van der Waals surface area contributed by atoms with Crippen molar-refractivity contribution < 1.29 is 66.5 Å². The summed E-state index contributed by atoms with van der Waals surface area (Å²) in [5.74, 6) is -3.82. The maximum Gasteiger partial charge on any atom is 0.378 e. The normalized spacial score (nSPS) is 19.8. The van der Waals surface area contributed by atoms with Crippen molar-refractivity contribution in [3.05, 3.63) is 166 Å². The summed E-state index contributed by atoms with van der Waals surface area (Å²) < 4.78 is 58.7. The number of cyclic esters (lactones) is 2. The molecule has 0 radical (unpaired) electrons. The van der Waals surface area contributed by atoms with Gasteiger partial charge in [-0.05, 0) is 41.7 Å². The summed E-state index contributed by atoms with van der Waals surface area (Å²) in [7, 11) is 0. The molecular weight excluding hydrogens is 789 g/mol. The third-order valence-electron chi connectivity index (χ3n) is 9.67. The maximum absolute atomic E-state index is 13.6. The van der Waals surface area contributed by atoms with Gasteiger partial charge >= 0.3 is 23.9 Å². The van der Waals surface area contributed by atoms with Gasteiger partial charge in [-0.25, -0.2) is 9.59 Å². The lowest BCUT2D eigenvalue weighted by molar-refractivity contribution is -0.170. The zero-order chi connectivity index (χ0) is 42.8. The number of carbonyl (C=O) groups excluding carboxylic acids is 4. The summed E-state index contributed by atoms with van der Waals surface area (Å²) in [5.41, 5.74) is 3.65. The van der Waals surface area contributed by atoms with Crippen LogP contribution in [-0.2, 0) is 99.4 Å². The molecule has 0 amide bonds. The highest BCUT2D eigenvalue weighted by Gasteiger charge is 2.48. The second kappa shape index (κ2) is 19.6. The Morgan fingerprint density at radius 1 is 0.656 bits per heavy atom. The Labute approximate surface area is 352 Å². The first-order chi connectivity index (χ1) is 29.5. The first-order valence-corrected chi connectivity index (χ1v) is 19.8. The van der Waals surface area contributed by atoms with Crippen molar-refractivity contribution in [1.82, 2.24) is 0 Å². The molecule has 4 aromatic carbocycles. The van der Waals surface area contributed by atoms with E-state index in [2.05, 4.69) is 0 Å². The highest BCUT2D eigenvalue weighted by molar-refractivity contribution is 5.90. The molecule has 1 saturated heterocycles. The van der Waals surface area contributed by atoms with E-state index in [9.17, 15) is 19.2 Å². The molecule has 3 heterocycles. The van der Waals surface area contributed by atoms with Crippen LogP contribution in [-0.4, -0.2) is 67.3 Å². The van der Waals surface area contributed by atoms with Crippen LogP contribution in [0.1, 0.15) is 48.6 Å². The molecule has 14 heteroatoms. The smallest absolute Gasteiger partial charge is 0.378 e. The first-order valence-electron chi connectivity index (χ1n) is 19.8. The van der Waals surface area contributed by atoms with Crippen molar-refractivity contribution in [3.63, 3.8) is 0 Å². The van der Waals surface area contributed by atoms with Crippen molar-refractivity contribution in [2.24, 2.45) is 0 Å². The number of rotatable bonds is 19. The van der Waals surface area contributed by atoms with E-state index in [-0.39, 0.29) is 62.5 Å². The molecule has 0 N–H and O–H groups in total. The summed E-state index contributed by atoms with van der Waals surface area (Å²) in [5, 5.41) is 0. The average Bonchev–Trinajstić information content (AvgIpc) is 3.90. The van der Waals surface area contributed by atoms with Crippen molar-refractivity contribution in [2.75, 3.05) is 13.2 Å². The second-order valence-electron chi connectivity index (χ2n) is 14.8. The molecule has 0 spiro atoms. The van der Waals surface area contributed by atoms with Gasteiger partial charge in [-0.3, -0.25) is 9.59 Å². The van der Waals surface area contributed by atoms with E-state index in [1.165, 1.54) is 6.92 Å². The Hall–Kier alpha value is -6.64. The Bertz CT molecular complexity index is 2230. The zero-order valence-corrected chi connectivity index (χ0v) is 33.9. The van der Waals surface area contributed by atoms with Gasteiger partial charge in [-0.15, -0.1) is 0 Å². The highest BCUT2D eigenvalue weighted by atomic mass is 16.8. The number of hydrogen-bond acceptors (Lipinski definition) is 14. The third-order valence-corrected chi connectivity index (χ3v) is 9.67. The minimum absolute atomic E-state index is 0.00103. The van der Waals surface area contributed by atoms with Crippen LogP contribution in [0.5, 0.6) is 0 Å². The quantitative estimate of drug-likeness (QED) is 0.0765. The topological polar surface area (TPSA) is 161 Å². The average molecular weight is 835 g/mol. The van der Waals surface area contributed by atoms with Crippen LogP contribution in [0.15, 0.2) is 138 Å². The van der Waals surface area contributed by atoms with Crippen molar-refractivity contribution in [2.45, 2.75) is 83.8 Å². The molecular formula is C47H46O14. The van der Waals surface area contributed by atoms with E-state index in [1.54, 1.807) is 38.1 Å². The summed E-state index contributed by atoms with van der Waals surface area (Å²) in [6.07, 6.45) is -4.36. The standard InChI is InChI=1S/C47H46O14/c1-30(48)52-28-36(39-41(53-24-31-14-7-4-8-15-31)43(45(50)59-39)55-25-32-16-9-5-10-17-32)58-38(49)23-34-20-13-21-35(22-34)27-54-42-40(37-29-57-47(2,3)61-37)60-46(51)44(42)56-26-33-18-11-6-12-19-33/h4-22,36-37,39-40H,23-29H2,1-3H3. The molecule has 4 aromatic rings. The van der Waals surface area contributed by atoms with Crippen LogP contribution in [0.3, 0.4) is 0 Å². The Morgan fingerprint density at radius 2 is 1.16 bits per heavy atom. The van der Waals surface area contributed by atoms with Crippen LogP contribution in [0, 0.1) is 0 Å². The lowest BCUT2D eigenvalue weighted by Gasteiger charge is -2.24. The van der Waals surface area contributed by atoms with Gasteiger partial charge in [0.1, 0.15) is 39.1 Å². The predicted octanol–water partition coefficient (Wildman–Crippen LogP) is 6.30. The zero-order valence-electron chi connectivity index (χ0n) is 33.9. The Kier molecular flexibility index (Phi) is 13.7. The molecule has 14 nitrogen and oxygen atoms in total. The molecule has 61 heavy (non-hydrogen) atoms. The molecule has 0 aromatic heterocycles. The lowest BCUT2D eigenvalue weighted by Crippen LogP contribution is -2.38. The predicted molar refractivity (Wildman–Crippen MR) is 214 cm³/mol. The van der Waals surface area contributed by atoms with Crippen LogP contribution < -0.4 is 0 Å². The number of ether oxygens (including phenoxy) is 10. The van der Waals surface area contributed by atoms with Crippen LogP contribution in [0.25, 0.3) is 0 Å². The van der Waals surface area contributed by atoms with Gasteiger partial charge in [-0.2, -0.15) is 0 Å². The number of hydrogen-bond donors (Lipinski definition) is 0. The van der Waals surface area contributed by atoms with Gasteiger partial charge in [0.25, 0.3) is 0 Å². The fourth-order valence-electron chi connectivity index (χ4n) is 6.76. The maximum atomic E-state index is 13.6. The molecule has 0 aliphatic carbocycles. The van der Waals surface area contributed by atoms with E-state index in [1.807, 2.05) is 91.0 Å². The molecule has 0 bridgehead atoms. The fraction of sp³-hybridized carbons (Fsp3) is 0.319. The fourth-order valence-corrected chi connectivity index (χ4v) is 6.76. The SMILES string of the molecule is CC(=O)OCC(OC(=O)Cc1cccc(COC2=C(OCc3ccccc3)C(=O)OC2C2COC(C)(C)O2)c1)C1OC(=O)C(OCc2ccccc2)=C1OCc1ccccc1. The molecule has 3 aliphatic rings. The number of esters is 4. The lowest BCUT2D eigenvalue weighted by atomic mass is 10.1. The van der Waals surface area contributed by atoms with Crippen molar-refractivity contribution >= 4 is 23.9 Å². The molecule has 4 unspecified atom stereocenters. The van der Waals surface area contributed by atoms with E-state index >= 15 is 0 Å². The summed E-state index contributed by atoms with van der Waals surface area (Å²) >= 11 is 0. The molecule has 7 rings (SSSR count). The summed E-state index contributed by atoms with van der Waals surface area (Å²) in [6.45, 7) is 4.64. The molecule has 4 atom stereocenters. The van der Waals surface area contributed by atoms with E-state index in [0.717, 1.165) is 16.7 Å². The van der Waals surface area contributed by atoms with Crippen LogP contribution in [0.2, 0.25) is 0 Å². The largest absolute Gasteiger partial charge is 0.485 e. The Morgan fingerprint density at radius 3 is 1.74 bits per heavy atom. The van der Waals surface area contributed by atoms with E-state index in [0.29, 0.717) is 11.1 Å². The van der Waals surface area contributed by atoms with Gasteiger partial charge in [0.15, 0.2) is 29.5 Å². The second-order valence-corrected chi connectivity index (χ2v) is 14.8. The number of benzene rings is 4. The van der Waals surface area contributed by atoms with Crippen molar-refractivity contribution in [3.8, 4) is 0 Å². The first kappa shape index (κ1) is 42.5. The molecule has 3 aliphatic heterocycles.